The van der Waals surface area contributed by atoms with E-state index in [1.165, 1.54) is 0 Å². The van der Waals surface area contributed by atoms with Crippen LogP contribution in [0.4, 0.5) is 0 Å². The summed E-state index contributed by atoms with van der Waals surface area (Å²) in [6.07, 6.45) is 0. The van der Waals surface area contributed by atoms with Crippen molar-refractivity contribution in [2.75, 3.05) is 14.2 Å². The van der Waals surface area contributed by atoms with Gasteiger partial charge in [-0.3, -0.25) is 0 Å². The molecule has 0 saturated carbocycles. The Morgan fingerprint density at radius 2 is 1.78 bits per heavy atom. The number of nitrogens with zero attached hydrogens (tertiary/aromatic N) is 5. The molecule has 27 heavy (non-hydrogen) atoms. The Bertz CT molecular complexity index is 1080. The Hall–Kier alpha value is -3.42. The first kappa shape index (κ1) is 17.0. The monoisotopic (exact) mass is 365 g/mol. The zero-order valence-electron chi connectivity index (χ0n) is 15.5. The van der Waals surface area contributed by atoms with Gasteiger partial charge in [0.2, 0.25) is 5.82 Å². The van der Waals surface area contributed by atoms with Crippen LogP contribution in [0.1, 0.15) is 19.9 Å². The zero-order valence-corrected chi connectivity index (χ0v) is 15.5. The van der Waals surface area contributed by atoms with Crippen LogP contribution in [0, 0.1) is 0 Å². The van der Waals surface area contributed by atoms with Crippen molar-refractivity contribution in [2.24, 2.45) is 0 Å². The van der Waals surface area contributed by atoms with Crippen molar-refractivity contribution >= 4 is 11.0 Å². The molecule has 2 heterocycles. The van der Waals surface area contributed by atoms with E-state index in [2.05, 4.69) is 34.3 Å². The van der Waals surface area contributed by atoms with Crippen LogP contribution in [0.15, 0.2) is 40.9 Å². The molecule has 0 spiro atoms. The summed E-state index contributed by atoms with van der Waals surface area (Å²) < 4.78 is 18.2. The fourth-order valence-corrected chi connectivity index (χ4v) is 2.97. The number of methoxy groups -OCH3 is 2. The summed E-state index contributed by atoms with van der Waals surface area (Å²) in [7, 11) is 3.18. The molecule has 4 aromatic rings. The molecule has 0 unspecified atom stereocenters. The van der Waals surface area contributed by atoms with Crippen LogP contribution in [0.25, 0.3) is 33.9 Å². The van der Waals surface area contributed by atoms with E-state index in [9.17, 15) is 0 Å². The van der Waals surface area contributed by atoms with Crippen molar-refractivity contribution in [3.8, 4) is 34.3 Å². The summed E-state index contributed by atoms with van der Waals surface area (Å²) in [5.41, 5.74) is 3.14. The summed E-state index contributed by atoms with van der Waals surface area (Å²) >= 11 is 0. The minimum atomic E-state index is 0.230. The standard InChI is InChI=1S/C19H19N5O3/c1-11(2)24-14-9-8-12(10-13(14)21-23-24)19-20-18(22-27-19)17-15(25-3)6-5-7-16(17)26-4/h5-11H,1-4H3. The van der Waals surface area contributed by atoms with E-state index < -0.39 is 0 Å². The highest BCUT2D eigenvalue weighted by Crippen LogP contribution is 2.37. The van der Waals surface area contributed by atoms with Gasteiger partial charge in [-0.2, -0.15) is 4.98 Å². The molecule has 0 aliphatic heterocycles. The number of hydrogen-bond acceptors (Lipinski definition) is 7. The summed E-state index contributed by atoms with van der Waals surface area (Å²) in [5.74, 6) is 2.00. The average Bonchev–Trinajstić information content (AvgIpc) is 3.33. The molecule has 0 bridgehead atoms. The van der Waals surface area contributed by atoms with Gasteiger partial charge in [0.05, 0.1) is 19.7 Å². The second-order valence-electron chi connectivity index (χ2n) is 6.29. The minimum Gasteiger partial charge on any atom is -0.496 e. The number of aromatic nitrogens is 5. The molecule has 2 aromatic heterocycles. The molecule has 0 aliphatic carbocycles. The van der Waals surface area contributed by atoms with Gasteiger partial charge in [-0.15, -0.1) is 5.10 Å². The van der Waals surface area contributed by atoms with Crippen molar-refractivity contribution in [3.05, 3.63) is 36.4 Å². The van der Waals surface area contributed by atoms with Crippen molar-refractivity contribution in [1.29, 1.82) is 0 Å². The van der Waals surface area contributed by atoms with Gasteiger partial charge >= 0.3 is 0 Å². The van der Waals surface area contributed by atoms with E-state index >= 15 is 0 Å². The minimum absolute atomic E-state index is 0.230. The number of fused-ring (bicyclic) bond motifs is 1. The van der Waals surface area contributed by atoms with E-state index in [-0.39, 0.29) is 6.04 Å². The number of rotatable bonds is 5. The lowest BCUT2D eigenvalue weighted by atomic mass is 10.1. The first-order chi connectivity index (χ1) is 13.1. The molecular formula is C19H19N5O3. The number of hydrogen-bond donors (Lipinski definition) is 0. The molecule has 0 radical (unpaired) electrons. The topological polar surface area (TPSA) is 88.1 Å². The van der Waals surface area contributed by atoms with Crippen LogP contribution in [0.3, 0.4) is 0 Å². The third kappa shape index (κ3) is 2.88. The highest BCUT2D eigenvalue weighted by atomic mass is 16.5. The Labute approximate surface area is 155 Å². The SMILES string of the molecule is COc1cccc(OC)c1-c1noc(-c2ccc3c(c2)nnn3C(C)C)n1. The van der Waals surface area contributed by atoms with Gasteiger partial charge in [0.25, 0.3) is 5.89 Å². The van der Waals surface area contributed by atoms with Gasteiger partial charge in [-0.1, -0.05) is 16.4 Å². The van der Waals surface area contributed by atoms with E-state index in [1.807, 2.05) is 41.1 Å². The Balaban J connectivity index is 1.77. The molecule has 0 saturated heterocycles. The fourth-order valence-electron chi connectivity index (χ4n) is 2.97. The second kappa shape index (κ2) is 6.71. The second-order valence-corrected chi connectivity index (χ2v) is 6.29. The highest BCUT2D eigenvalue weighted by Gasteiger charge is 2.19. The molecule has 0 atom stereocenters. The van der Waals surface area contributed by atoms with Crippen LogP contribution in [0.5, 0.6) is 11.5 Å². The summed E-state index contributed by atoms with van der Waals surface area (Å²) in [6.45, 7) is 4.12. The molecule has 8 heteroatoms. The van der Waals surface area contributed by atoms with Crippen LogP contribution in [0.2, 0.25) is 0 Å². The van der Waals surface area contributed by atoms with Gasteiger partial charge in [0.1, 0.15) is 22.6 Å². The predicted molar refractivity (Wildman–Crippen MR) is 99.7 cm³/mol. The fraction of sp³-hybridized carbons (Fsp3) is 0.263. The molecule has 0 aliphatic rings. The maximum atomic E-state index is 5.48. The lowest BCUT2D eigenvalue weighted by molar-refractivity contribution is 0.394. The van der Waals surface area contributed by atoms with Gasteiger partial charge in [-0.25, -0.2) is 4.68 Å². The molecular weight excluding hydrogens is 346 g/mol. The molecule has 4 rings (SSSR count). The normalized spacial score (nSPS) is 11.3. The van der Waals surface area contributed by atoms with E-state index in [0.29, 0.717) is 28.8 Å². The van der Waals surface area contributed by atoms with Crippen molar-refractivity contribution in [1.82, 2.24) is 25.1 Å². The molecule has 138 valence electrons. The smallest absolute Gasteiger partial charge is 0.258 e. The number of ether oxygens (including phenoxy) is 2. The molecule has 8 nitrogen and oxygen atoms in total. The predicted octanol–water partition coefficient (Wildman–Crippen LogP) is 3.75. The molecule has 0 amide bonds. The Morgan fingerprint density at radius 1 is 1.04 bits per heavy atom. The average molecular weight is 365 g/mol. The summed E-state index contributed by atoms with van der Waals surface area (Å²) in [4.78, 5) is 4.52. The van der Waals surface area contributed by atoms with Crippen molar-refractivity contribution in [2.45, 2.75) is 19.9 Å². The van der Waals surface area contributed by atoms with Gasteiger partial charge in [-0.05, 0) is 44.2 Å². The highest BCUT2D eigenvalue weighted by molar-refractivity contribution is 5.80. The van der Waals surface area contributed by atoms with Gasteiger partial charge in [0.15, 0.2) is 0 Å². The first-order valence-corrected chi connectivity index (χ1v) is 8.52. The van der Waals surface area contributed by atoms with E-state index in [1.54, 1.807) is 14.2 Å². The maximum Gasteiger partial charge on any atom is 0.258 e. The van der Waals surface area contributed by atoms with Gasteiger partial charge in [0, 0.05) is 11.6 Å². The van der Waals surface area contributed by atoms with Crippen LogP contribution in [-0.2, 0) is 0 Å². The number of benzene rings is 2. The van der Waals surface area contributed by atoms with E-state index in [0.717, 1.165) is 16.6 Å². The molecule has 2 aromatic carbocycles. The van der Waals surface area contributed by atoms with Crippen LogP contribution in [-0.4, -0.2) is 39.4 Å². The lowest BCUT2D eigenvalue weighted by Crippen LogP contribution is -2.02. The summed E-state index contributed by atoms with van der Waals surface area (Å²) in [5, 5.41) is 12.5. The Kier molecular flexibility index (Phi) is 4.23. The van der Waals surface area contributed by atoms with Crippen LogP contribution < -0.4 is 9.47 Å². The molecule has 0 fully saturated rings. The molecule has 0 N–H and O–H groups in total. The lowest BCUT2D eigenvalue weighted by Gasteiger charge is -2.09. The largest absolute Gasteiger partial charge is 0.496 e. The van der Waals surface area contributed by atoms with E-state index in [4.69, 9.17) is 14.0 Å². The Morgan fingerprint density at radius 3 is 2.44 bits per heavy atom. The van der Waals surface area contributed by atoms with Crippen LogP contribution >= 0.6 is 0 Å². The third-order valence-corrected chi connectivity index (χ3v) is 4.28. The van der Waals surface area contributed by atoms with Crippen molar-refractivity contribution in [3.63, 3.8) is 0 Å². The zero-order chi connectivity index (χ0) is 19.0. The third-order valence-electron chi connectivity index (χ3n) is 4.28. The first-order valence-electron chi connectivity index (χ1n) is 8.52. The quantitative estimate of drug-likeness (QED) is 0.532. The van der Waals surface area contributed by atoms with Gasteiger partial charge < -0.3 is 14.0 Å². The summed E-state index contributed by atoms with van der Waals surface area (Å²) in [6, 6.07) is 11.5. The van der Waals surface area contributed by atoms with Crippen molar-refractivity contribution < 1.29 is 14.0 Å². The maximum absolute atomic E-state index is 5.48.